The van der Waals surface area contributed by atoms with E-state index < -0.39 is 41.5 Å². The molecule has 0 spiro atoms. The summed E-state index contributed by atoms with van der Waals surface area (Å²) in [5, 5.41) is 9.09. The van der Waals surface area contributed by atoms with Crippen LogP contribution in [0.25, 0.3) is 0 Å². The smallest absolute Gasteiger partial charge is 0.413 e. The van der Waals surface area contributed by atoms with Crippen LogP contribution in [-0.2, 0) is 19.0 Å². The van der Waals surface area contributed by atoms with E-state index >= 15 is 0 Å². The highest BCUT2D eigenvalue weighted by atomic mass is 16.6. The van der Waals surface area contributed by atoms with Gasteiger partial charge in [0.1, 0.15) is 17.4 Å². The summed E-state index contributed by atoms with van der Waals surface area (Å²) in [5.74, 6) is -1.71. The van der Waals surface area contributed by atoms with Crippen LogP contribution >= 0.6 is 0 Å². The van der Waals surface area contributed by atoms with Crippen LogP contribution < -0.4 is 0 Å². The Hall–Kier alpha value is -2.61. The topological polar surface area (TPSA) is 102 Å². The number of hydrogen-bond donors (Lipinski definition) is 1. The van der Waals surface area contributed by atoms with Gasteiger partial charge in [0.2, 0.25) is 0 Å². The fourth-order valence-electron chi connectivity index (χ4n) is 2.99. The SMILES string of the molecule is COC(=O)[C@@H]1OC(C)(C)N(C(=O)OC(C)(C)C)[C@H]1c1ccc(C(=O)O)cc1. The summed E-state index contributed by atoms with van der Waals surface area (Å²) in [7, 11) is 1.24. The second kappa shape index (κ2) is 7.19. The number of aromatic carboxylic acids is 1. The van der Waals surface area contributed by atoms with Gasteiger partial charge in [0, 0.05) is 0 Å². The Morgan fingerprint density at radius 3 is 2.15 bits per heavy atom. The van der Waals surface area contributed by atoms with Crippen molar-refractivity contribution in [2.45, 2.75) is 58.1 Å². The Balaban J connectivity index is 2.51. The second-order valence-corrected chi connectivity index (χ2v) is 7.73. The maximum atomic E-state index is 12.9. The summed E-state index contributed by atoms with van der Waals surface area (Å²) < 4.78 is 16.2. The lowest BCUT2D eigenvalue weighted by atomic mass is 9.99. The highest BCUT2D eigenvalue weighted by Crippen LogP contribution is 2.43. The molecular weight excluding hydrogens is 354 g/mol. The van der Waals surface area contributed by atoms with Crippen LogP contribution in [0, 0.1) is 0 Å². The lowest BCUT2D eigenvalue weighted by molar-refractivity contribution is -0.158. The van der Waals surface area contributed by atoms with E-state index in [1.165, 1.54) is 24.1 Å². The number of carbonyl (C=O) groups is 3. The van der Waals surface area contributed by atoms with Crippen LogP contribution in [0.4, 0.5) is 4.79 Å². The van der Waals surface area contributed by atoms with Gasteiger partial charge in [-0.2, -0.15) is 0 Å². The van der Waals surface area contributed by atoms with E-state index in [9.17, 15) is 14.4 Å². The van der Waals surface area contributed by atoms with Crippen LogP contribution in [0.3, 0.4) is 0 Å². The number of benzene rings is 1. The van der Waals surface area contributed by atoms with E-state index in [4.69, 9.17) is 19.3 Å². The highest BCUT2D eigenvalue weighted by molar-refractivity contribution is 5.87. The molecule has 0 saturated carbocycles. The number of carbonyl (C=O) groups excluding carboxylic acids is 2. The third-order valence-corrected chi connectivity index (χ3v) is 4.08. The molecule has 0 aromatic heterocycles. The average molecular weight is 379 g/mol. The summed E-state index contributed by atoms with van der Waals surface area (Å²) >= 11 is 0. The van der Waals surface area contributed by atoms with Crippen LogP contribution in [-0.4, -0.2) is 52.6 Å². The summed E-state index contributed by atoms with van der Waals surface area (Å²) in [6, 6.07) is 5.08. The van der Waals surface area contributed by atoms with Gasteiger partial charge in [0.25, 0.3) is 0 Å². The van der Waals surface area contributed by atoms with Crippen LogP contribution in [0.1, 0.15) is 56.6 Å². The Morgan fingerprint density at radius 1 is 1.15 bits per heavy atom. The molecule has 1 aromatic carbocycles. The molecule has 27 heavy (non-hydrogen) atoms. The quantitative estimate of drug-likeness (QED) is 0.806. The molecule has 1 saturated heterocycles. The van der Waals surface area contributed by atoms with E-state index in [0.29, 0.717) is 5.56 Å². The molecule has 1 heterocycles. The number of methoxy groups -OCH3 is 1. The van der Waals surface area contributed by atoms with Crippen molar-refractivity contribution >= 4 is 18.0 Å². The Kier molecular flexibility index (Phi) is 5.51. The minimum Gasteiger partial charge on any atom is -0.478 e. The number of rotatable bonds is 3. The molecule has 1 N–H and O–H groups in total. The van der Waals surface area contributed by atoms with Gasteiger partial charge in [0.15, 0.2) is 6.10 Å². The first-order chi connectivity index (χ1) is 12.4. The van der Waals surface area contributed by atoms with Crippen molar-refractivity contribution in [2.75, 3.05) is 7.11 Å². The molecule has 1 aliphatic heterocycles. The largest absolute Gasteiger partial charge is 0.478 e. The Morgan fingerprint density at radius 2 is 1.70 bits per heavy atom. The van der Waals surface area contributed by atoms with Crippen molar-refractivity contribution in [1.82, 2.24) is 4.90 Å². The van der Waals surface area contributed by atoms with Crippen molar-refractivity contribution < 1.29 is 33.7 Å². The van der Waals surface area contributed by atoms with Gasteiger partial charge in [-0.15, -0.1) is 0 Å². The number of amides is 1. The molecule has 0 bridgehead atoms. The van der Waals surface area contributed by atoms with Gasteiger partial charge >= 0.3 is 18.0 Å². The zero-order chi connectivity index (χ0) is 20.6. The predicted octanol–water partition coefficient (Wildman–Crippen LogP) is 2.97. The van der Waals surface area contributed by atoms with Crippen molar-refractivity contribution in [3.63, 3.8) is 0 Å². The lowest BCUT2D eigenvalue weighted by Crippen LogP contribution is -2.47. The molecular formula is C19H25NO7. The molecule has 1 amide bonds. The minimum atomic E-state index is -1.14. The first-order valence-corrected chi connectivity index (χ1v) is 8.48. The fraction of sp³-hybridized carbons (Fsp3) is 0.526. The number of ether oxygens (including phenoxy) is 3. The highest BCUT2D eigenvalue weighted by Gasteiger charge is 2.55. The first-order valence-electron chi connectivity index (χ1n) is 8.48. The third-order valence-electron chi connectivity index (χ3n) is 4.08. The number of carboxylic acid groups (broad SMARTS) is 1. The zero-order valence-corrected chi connectivity index (χ0v) is 16.3. The molecule has 2 atom stereocenters. The summed E-state index contributed by atoms with van der Waals surface area (Å²) in [6.45, 7) is 8.52. The van der Waals surface area contributed by atoms with E-state index in [2.05, 4.69) is 0 Å². The standard InChI is InChI=1S/C19H25NO7/c1-18(2,3)27-17(24)20-13(11-7-9-12(10-8-11)15(21)22)14(16(23)25-6)26-19(20,4)5/h7-10,13-14H,1-6H3,(H,21,22)/t13-,14+/m0/s1. The average Bonchev–Trinajstić information content (AvgIpc) is 2.84. The monoisotopic (exact) mass is 379 g/mol. The molecule has 0 unspecified atom stereocenters. The fourth-order valence-corrected chi connectivity index (χ4v) is 2.99. The van der Waals surface area contributed by atoms with Gasteiger partial charge in [-0.05, 0) is 52.3 Å². The van der Waals surface area contributed by atoms with Crippen LogP contribution in [0.2, 0.25) is 0 Å². The van der Waals surface area contributed by atoms with Gasteiger partial charge < -0.3 is 19.3 Å². The number of nitrogens with zero attached hydrogens (tertiary/aromatic N) is 1. The molecule has 1 fully saturated rings. The first kappa shape index (κ1) is 20.7. The van der Waals surface area contributed by atoms with Gasteiger partial charge in [-0.25, -0.2) is 14.4 Å². The summed E-state index contributed by atoms with van der Waals surface area (Å²) in [6.07, 6.45) is -1.72. The van der Waals surface area contributed by atoms with Crippen molar-refractivity contribution in [2.24, 2.45) is 0 Å². The molecule has 0 aliphatic carbocycles. The lowest BCUT2D eigenvalue weighted by Gasteiger charge is -2.35. The second-order valence-electron chi connectivity index (χ2n) is 7.73. The molecule has 8 nitrogen and oxygen atoms in total. The van der Waals surface area contributed by atoms with E-state index in [1.807, 2.05) is 0 Å². The number of esters is 1. The van der Waals surface area contributed by atoms with Gasteiger partial charge in [0.05, 0.1) is 12.7 Å². The van der Waals surface area contributed by atoms with Crippen molar-refractivity contribution in [3.05, 3.63) is 35.4 Å². The summed E-state index contributed by atoms with van der Waals surface area (Å²) in [4.78, 5) is 37.6. The van der Waals surface area contributed by atoms with E-state index in [0.717, 1.165) is 0 Å². The van der Waals surface area contributed by atoms with Crippen molar-refractivity contribution in [1.29, 1.82) is 0 Å². The van der Waals surface area contributed by atoms with Gasteiger partial charge in [-0.3, -0.25) is 4.90 Å². The van der Waals surface area contributed by atoms with Crippen molar-refractivity contribution in [3.8, 4) is 0 Å². The summed E-state index contributed by atoms with van der Waals surface area (Å²) in [5.41, 5.74) is -1.26. The van der Waals surface area contributed by atoms with Crippen LogP contribution in [0.5, 0.6) is 0 Å². The number of carboxylic acids is 1. The van der Waals surface area contributed by atoms with Gasteiger partial charge in [-0.1, -0.05) is 12.1 Å². The predicted molar refractivity (Wildman–Crippen MR) is 95.2 cm³/mol. The molecule has 8 heteroatoms. The molecule has 1 aliphatic rings. The maximum Gasteiger partial charge on any atom is 0.413 e. The molecule has 0 radical (unpaired) electrons. The maximum absolute atomic E-state index is 12.9. The molecule has 1 aromatic rings. The number of hydrogen-bond acceptors (Lipinski definition) is 6. The molecule has 2 rings (SSSR count). The van der Waals surface area contributed by atoms with Crippen LogP contribution in [0.15, 0.2) is 24.3 Å². The third kappa shape index (κ3) is 4.39. The Bertz CT molecular complexity index is 733. The normalized spacial score (nSPS) is 21.6. The zero-order valence-electron chi connectivity index (χ0n) is 16.3. The minimum absolute atomic E-state index is 0.0929. The molecule has 148 valence electrons. The Labute approximate surface area is 158 Å². The van der Waals surface area contributed by atoms with E-state index in [1.54, 1.807) is 46.8 Å². The van der Waals surface area contributed by atoms with E-state index in [-0.39, 0.29) is 5.56 Å².